The van der Waals surface area contributed by atoms with Crippen molar-refractivity contribution in [2.75, 3.05) is 6.61 Å². The van der Waals surface area contributed by atoms with Gasteiger partial charge in [-0.25, -0.2) is 0 Å². The minimum absolute atomic E-state index is 0.0921. The maximum Gasteiger partial charge on any atom is 0.211 e. The van der Waals surface area contributed by atoms with E-state index in [1.54, 1.807) is 4.68 Å². The fourth-order valence-corrected chi connectivity index (χ4v) is 1.92. The van der Waals surface area contributed by atoms with Crippen LogP contribution in [0.5, 0.6) is 0 Å². The van der Waals surface area contributed by atoms with E-state index >= 15 is 0 Å². The fraction of sp³-hybridized carbons (Fsp3) is 0.667. The standard InChI is InChI=1S/C12H19ClN2O2/c1-5-10(17-6-2)12(16)11-9(13)7-14-15(11)8(3)4/h7-8,10H,5-6H2,1-4H3. The molecule has 0 N–H and O–H groups in total. The van der Waals surface area contributed by atoms with Crippen molar-refractivity contribution < 1.29 is 9.53 Å². The Hall–Kier alpha value is -0.870. The highest BCUT2D eigenvalue weighted by molar-refractivity contribution is 6.33. The summed E-state index contributed by atoms with van der Waals surface area (Å²) in [7, 11) is 0. The van der Waals surface area contributed by atoms with Crippen LogP contribution in [0.15, 0.2) is 6.20 Å². The van der Waals surface area contributed by atoms with Crippen LogP contribution in [0.1, 0.15) is 50.6 Å². The number of nitrogens with zero attached hydrogens (tertiary/aromatic N) is 2. The first-order chi connectivity index (χ1) is 8.02. The number of halogens is 1. The lowest BCUT2D eigenvalue weighted by Gasteiger charge is -2.16. The average Bonchev–Trinajstić information content (AvgIpc) is 2.67. The van der Waals surface area contributed by atoms with Gasteiger partial charge in [-0.3, -0.25) is 9.48 Å². The predicted molar refractivity (Wildman–Crippen MR) is 67.7 cm³/mol. The van der Waals surface area contributed by atoms with Crippen molar-refractivity contribution in [2.24, 2.45) is 0 Å². The van der Waals surface area contributed by atoms with Crippen LogP contribution in [0.25, 0.3) is 0 Å². The van der Waals surface area contributed by atoms with Crippen LogP contribution in [0.2, 0.25) is 5.02 Å². The van der Waals surface area contributed by atoms with Crippen molar-refractivity contribution in [1.29, 1.82) is 0 Å². The third-order valence-electron chi connectivity index (χ3n) is 2.50. The molecule has 1 unspecified atom stereocenters. The molecule has 17 heavy (non-hydrogen) atoms. The van der Waals surface area contributed by atoms with Gasteiger partial charge in [0, 0.05) is 12.6 Å². The van der Waals surface area contributed by atoms with Gasteiger partial charge >= 0.3 is 0 Å². The molecule has 0 fully saturated rings. The van der Waals surface area contributed by atoms with E-state index in [-0.39, 0.29) is 11.8 Å². The molecule has 0 aliphatic carbocycles. The predicted octanol–water partition coefficient (Wildman–Crippen LogP) is 3.12. The maximum atomic E-state index is 12.3. The number of aromatic nitrogens is 2. The van der Waals surface area contributed by atoms with E-state index in [1.807, 2.05) is 27.7 Å². The first kappa shape index (κ1) is 14.2. The SMILES string of the molecule is CCOC(CC)C(=O)c1c(Cl)cnn1C(C)C. The Balaban J connectivity index is 3.05. The summed E-state index contributed by atoms with van der Waals surface area (Å²) in [5.41, 5.74) is 0.446. The van der Waals surface area contributed by atoms with Crippen molar-refractivity contribution >= 4 is 17.4 Å². The van der Waals surface area contributed by atoms with Crippen LogP contribution in [-0.2, 0) is 4.74 Å². The summed E-state index contributed by atoms with van der Waals surface area (Å²) >= 11 is 6.03. The molecular weight excluding hydrogens is 240 g/mol. The van der Waals surface area contributed by atoms with Crippen molar-refractivity contribution in [3.63, 3.8) is 0 Å². The van der Waals surface area contributed by atoms with E-state index < -0.39 is 6.10 Å². The summed E-state index contributed by atoms with van der Waals surface area (Å²) in [4.78, 5) is 12.3. The van der Waals surface area contributed by atoms with Gasteiger partial charge in [-0.1, -0.05) is 18.5 Å². The quantitative estimate of drug-likeness (QED) is 0.737. The first-order valence-corrected chi connectivity index (χ1v) is 6.29. The lowest BCUT2D eigenvalue weighted by molar-refractivity contribution is 0.0433. The van der Waals surface area contributed by atoms with Crippen LogP contribution in [-0.4, -0.2) is 28.3 Å². The van der Waals surface area contributed by atoms with Gasteiger partial charge in [-0.15, -0.1) is 0 Å². The Labute approximate surface area is 107 Å². The summed E-state index contributed by atoms with van der Waals surface area (Å²) in [6, 6.07) is 0.0978. The van der Waals surface area contributed by atoms with Gasteiger partial charge in [-0.05, 0) is 27.2 Å². The summed E-state index contributed by atoms with van der Waals surface area (Å²) in [6.45, 7) is 8.22. The van der Waals surface area contributed by atoms with Gasteiger partial charge in [0.1, 0.15) is 11.8 Å². The molecule has 1 heterocycles. The van der Waals surface area contributed by atoms with E-state index in [9.17, 15) is 4.79 Å². The second-order valence-electron chi connectivity index (χ2n) is 4.10. The van der Waals surface area contributed by atoms with Gasteiger partial charge in [0.2, 0.25) is 5.78 Å². The van der Waals surface area contributed by atoms with E-state index in [0.29, 0.717) is 23.7 Å². The summed E-state index contributed by atoms with van der Waals surface area (Å²) in [5, 5.41) is 4.51. The molecule has 0 aliphatic rings. The first-order valence-electron chi connectivity index (χ1n) is 5.91. The van der Waals surface area contributed by atoms with Gasteiger partial charge < -0.3 is 4.74 Å². The van der Waals surface area contributed by atoms with Crippen molar-refractivity contribution in [3.8, 4) is 0 Å². The maximum absolute atomic E-state index is 12.3. The number of hydrogen-bond acceptors (Lipinski definition) is 3. The molecule has 1 atom stereocenters. The lowest BCUT2D eigenvalue weighted by Crippen LogP contribution is -2.27. The second kappa shape index (κ2) is 6.17. The van der Waals surface area contributed by atoms with E-state index in [2.05, 4.69) is 5.10 Å². The highest BCUT2D eigenvalue weighted by Crippen LogP contribution is 2.22. The highest BCUT2D eigenvalue weighted by atomic mass is 35.5. The molecule has 1 aromatic rings. The van der Waals surface area contributed by atoms with Crippen molar-refractivity contribution in [1.82, 2.24) is 9.78 Å². The number of ether oxygens (including phenoxy) is 1. The van der Waals surface area contributed by atoms with Crippen LogP contribution < -0.4 is 0 Å². The topological polar surface area (TPSA) is 44.1 Å². The van der Waals surface area contributed by atoms with Crippen LogP contribution in [0, 0.1) is 0 Å². The van der Waals surface area contributed by atoms with Crippen LogP contribution >= 0.6 is 11.6 Å². The molecule has 5 heteroatoms. The number of ketones is 1. The molecule has 1 rings (SSSR count). The Bertz CT molecular complexity index is 388. The molecule has 0 radical (unpaired) electrons. The van der Waals surface area contributed by atoms with Gasteiger partial charge in [0.15, 0.2) is 0 Å². The Morgan fingerprint density at radius 2 is 2.18 bits per heavy atom. The molecule has 0 amide bonds. The molecule has 4 nitrogen and oxygen atoms in total. The average molecular weight is 259 g/mol. The summed E-state index contributed by atoms with van der Waals surface area (Å²) in [5.74, 6) is -0.0921. The Kier molecular flexibility index (Phi) is 5.15. The molecule has 1 aromatic heterocycles. The van der Waals surface area contributed by atoms with Gasteiger partial charge in [0.25, 0.3) is 0 Å². The van der Waals surface area contributed by atoms with Crippen LogP contribution in [0.3, 0.4) is 0 Å². The monoisotopic (exact) mass is 258 g/mol. The zero-order valence-electron chi connectivity index (χ0n) is 10.7. The molecule has 0 saturated heterocycles. The molecule has 0 aromatic carbocycles. The molecular formula is C12H19ClN2O2. The second-order valence-corrected chi connectivity index (χ2v) is 4.50. The number of rotatable bonds is 6. The number of Topliss-reactive ketones (excluding diaryl/α,β-unsaturated/α-hetero) is 1. The molecule has 0 bridgehead atoms. The summed E-state index contributed by atoms with van der Waals surface area (Å²) < 4.78 is 7.06. The fourth-order valence-electron chi connectivity index (χ4n) is 1.70. The minimum atomic E-state index is -0.438. The third kappa shape index (κ3) is 3.07. The summed E-state index contributed by atoms with van der Waals surface area (Å²) in [6.07, 6.45) is 1.70. The van der Waals surface area contributed by atoms with E-state index in [0.717, 1.165) is 0 Å². The Morgan fingerprint density at radius 3 is 2.65 bits per heavy atom. The highest BCUT2D eigenvalue weighted by Gasteiger charge is 2.26. The third-order valence-corrected chi connectivity index (χ3v) is 2.78. The molecule has 0 spiro atoms. The zero-order valence-corrected chi connectivity index (χ0v) is 11.5. The molecule has 96 valence electrons. The van der Waals surface area contributed by atoms with Crippen molar-refractivity contribution in [2.45, 2.75) is 46.3 Å². The largest absolute Gasteiger partial charge is 0.370 e. The molecule has 0 saturated carbocycles. The Morgan fingerprint density at radius 1 is 1.53 bits per heavy atom. The molecule has 0 aliphatic heterocycles. The van der Waals surface area contributed by atoms with E-state index in [4.69, 9.17) is 16.3 Å². The number of carbonyl (C=O) groups excluding carboxylic acids is 1. The normalized spacial score (nSPS) is 13.1. The van der Waals surface area contributed by atoms with Gasteiger partial charge in [0.05, 0.1) is 11.2 Å². The lowest BCUT2D eigenvalue weighted by atomic mass is 10.1. The van der Waals surface area contributed by atoms with Gasteiger partial charge in [-0.2, -0.15) is 5.10 Å². The number of hydrogen-bond donors (Lipinski definition) is 0. The number of carbonyl (C=O) groups is 1. The zero-order chi connectivity index (χ0) is 13.0. The minimum Gasteiger partial charge on any atom is -0.370 e. The smallest absolute Gasteiger partial charge is 0.211 e. The van der Waals surface area contributed by atoms with Crippen LogP contribution in [0.4, 0.5) is 0 Å². The van der Waals surface area contributed by atoms with E-state index in [1.165, 1.54) is 6.20 Å². The van der Waals surface area contributed by atoms with Crippen molar-refractivity contribution in [3.05, 3.63) is 16.9 Å².